The third-order valence-corrected chi connectivity index (χ3v) is 4.28. The minimum absolute atomic E-state index is 0.0248. The van der Waals surface area contributed by atoms with Gasteiger partial charge in [-0.25, -0.2) is 0 Å². The smallest absolute Gasteiger partial charge is 0.261 e. The van der Waals surface area contributed by atoms with Crippen LogP contribution in [0.2, 0.25) is 0 Å². The van der Waals surface area contributed by atoms with E-state index in [1.54, 1.807) is 0 Å². The molecule has 2 aromatic rings. The Morgan fingerprint density at radius 2 is 2.00 bits per heavy atom. The van der Waals surface area contributed by atoms with E-state index in [1.807, 2.05) is 44.2 Å². The topological polar surface area (TPSA) is 55.1 Å². The summed E-state index contributed by atoms with van der Waals surface area (Å²) < 4.78 is 0. The first kappa shape index (κ1) is 15.3. The second-order valence-electron chi connectivity index (χ2n) is 4.74. The first-order valence-corrected chi connectivity index (χ1v) is 7.55. The largest absolute Gasteiger partial charge is 0.347 e. The van der Waals surface area contributed by atoms with E-state index in [2.05, 4.69) is 17.2 Å². The van der Waals surface area contributed by atoms with Gasteiger partial charge in [-0.05, 0) is 43.2 Å². The molecule has 0 saturated carbocycles. The number of thiophene rings is 1. The molecule has 0 aliphatic carbocycles. The summed E-state index contributed by atoms with van der Waals surface area (Å²) in [5, 5.41) is 2.93. The van der Waals surface area contributed by atoms with Crippen LogP contribution in [0.4, 0.5) is 0 Å². The van der Waals surface area contributed by atoms with Crippen molar-refractivity contribution in [1.82, 2.24) is 5.32 Å². The first-order chi connectivity index (χ1) is 10.1. The summed E-state index contributed by atoms with van der Waals surface area (Å²) in [5.41, 5.74) is 8.47. The molecule has 0 saturated heterocycles. The molecule has 4 heteroatoms. The minimum atomic E-state index is -0.0248. The van der Waals surface area contributed by atoms with Crippen LogP contribution in [0.3, 0.4) is 0 Å². The summed E-state index contributed by atoms with van der Waals surface area (Å²) in [5.74, 6) is 5.76. The van der Waals surface area contributed by atoms with Gasteiger partial charge in [0.05, 0.1) is 11.4 Å². The molecule has 1 aromatic carbocycles. The van der Waals surface area contributed by atoms with Crippen LogP contribution in [0.1, 0.15) is 31.2 Å². The van der Waals surface area contributed by atoms with Crippen molar-refractivity contribution in [3.63, 3.8) is 0 Å². The van der Waals surface area contributed by atoms with E-state index in [0.29, 0.717) is 13.1 Å². The zero-order chi connectivity index (χ0) is 15.2. The highest BCUT2D eigenvalue weighted by Gasteiger charge is 2.09. The van der Waals surface area contributed by atoms with Gasteiger partial charge in [0.2, 0.25) is 0 Å². The molecule has 0 spiro atoms. The predicted octanol–water partition coefficient (Wildman–Crippen LogP) is 2.61. The normalized spacial score (nSPS) is 9.86. The van der Waals surface area contributed by atoms with Gasteiger partial charge in [-0.2, -0.15) is 0 Å². The average molecular weight is 298 g/mol. The van der Waals surface area contributed by atoms with Crippen LogP contribution in [0, 0.1) is 25.7 Å². The van der Waals surface area contributed by atoms with Crippen LogP contribution in [-0.2, 0) is 6.54 Å². The highest BCUT2D eigenvalue weighted by Crippen LogP contribution is 2.20. The highest BCUT2D eigenvalue weighted by atomic mass is 32.1. The molecular formula is C17H18N2OS. The number of rotatable bonds is 3. The van der Waals surface area contributed by atoms with Crippen molar-refractivity contribution in [2.75, 3.05) is 6.54 Å². The summed E-state index contributed by atoms with van der Waals surface area (Å²) in [6.45, 7) is 4.92. The fraction of sp³-hybridized carbons (Fsp3) is 0.235. The standard InChI is InChI=1S/C17H18N2OS/c1-12-10-16(21-13(12)2)17(20)19-11-15-7-5-14(6-8-15)4-3-9-18/h5-8,10H,9,11,18H2,1-2H3,(H,19,20). The van der Waals surface area contributed by atoms with Gasteiger partial charge in [-0.3, -0.25) is 4.79 Å². The lowest BCUT2D eigenvalue weighted by Crippen LogP contribution is -2.21. The Morgan fingerprint density at radius 1 is 1.29 bits per heavy atom. The van der Waals surface area contributed by atoms with Crippen LogP contribution in [0.5, 0.6) is 0 Å². The van der Waals surface area contributed by atoms with Gasteiger partial charge in [0.1, 0.15) is 0 Å². The fourth-order valence-corrected chi connectivity index (χ4v) is 2.76. The predicted molar refractivity (Wildman–Crippen MR) is 87.3 cm³/mol. The number of aryl methyl sites for hydroxylation is 2. The molecule has 2 rings (SSSR count). The monoisotopic (exact) mass is 298 g/mol. The van der Waals surface area contributed by atoms with E-state index in [1.165, 1.54) is 16.2 Å². The molecule has 1 aromatic heterocycles. The SMILES string of the molecule is Cc1cc(C(=O)NCc2ccc(C#CCN)cc2)sc1C. The summed E-state index contributed by atoms with van der Waals surface area (Å²) >= 11 is 1.53. The first-order valence-electron chi connectivity index (χ1n) is 6.73. The Morgan fingerprint density at radius 3 is 2.57 bits per heavy atom. The van der Waals surface area contributed by atoms with E-state index in [0.717, 1.165) is 21.6 Å². The van der Waals surface area contributed by atoms with Gasteiger partial charge in [0.25, 0.3) is 5.91 Å². The molecule has 108 valence electrons. The van der Waals surface area contributed by atoms with Crippen LogP contribution >= 0.6 is 11.3 Å². The Bertz CT molecular complexity index is 670. The number of benzene rings is 1. The molecule has 0 bridgehead atoms. The molecule has 0 radical (unpaired) electrons. The number of hydrogen-bond donors (Lipinski definition) is 2. The fourth-order valence-electron chi connectivity index (χ4n) is 1.81. The van der Waals surface area contributed by atoms with Crippen molar-refractivity contribution >= 4 is 17.2 Å². The Kier molecular flexibility index (Phi) is 5.15. The number of nitrogens with one attached hydrogen (secondary N) is 1. The molecule has 1 heterocycles. The van der Waals surface area contributed by atoms with Gasteiger partial charge < -0.3 is 11.1 Å². The molecule has 0 unspecified atom stereocenters. The second-order valence-corrected chi connectivity index (χ2v) is 5.99. The van der Waals surface area contributed by atoms with Gasteiger partial charge in [0, 0.05) is 17.0 Å². The zero-order valence-electron chi connectivity index (χ0n) is 12.2. The Balaban J connectivity index is 1.95. The van der Waals surface area contributed by atoms with Crippen molar-refractivity contribution in [2.24, 2.45) is 5.73 Å². The van der Waals surface area contributed by atoms with Crippen molar-refractivity contribution in [1.29, 1.82) is 0 Å². The number of amides is 1. The van der Waals surface area contributed by atoms with Crippen LogP contribution in [0.25, 0.3) is 0 Å². The highest BCUT2D eigenvalue weighted by molar-refractivity contribution is 7.14. The van der Waals surface area contributed by atoms with Gasteiger partial charge in [0.15, 0.2) is 0 Å². The van der Waals surface area contributed by atoms with Crippen LogP contribution < -0.4 is 11.1 Å². The molecular weight excluding hydrogens is 280 g/mol. The Hall–Kier alpha value is -2.09. The zero-order valence-corrected chi connectivity index (χ0v) is 13.0. The summed E-state index contributed by atoms with van der Waals surface area (Å²) in [7, 11) is 0. The lowest BCUT2D eigenvalue weighted by Gasteiger charge is -2.04. The van der Waals surface area contributed by atoms with E-state index < -0.39 is 0 Å². The van der Waals surface area contributed by atoms with E-state index >= 15 is 0 Å². The molecule has 1 amide bonds. The van der Waals surface area contributed by atoms with Gasteiger partial charge in [-0.1, -0.05) is 24.0 Å². The lowest BCUT2D eigenvalue weighted by molar-refractivity contribution is 0.0955. The van der Waals surface area contributed by atoms with E-state index in [9.17, 15) is 4.79 Å². The molecule has 21 heavy (non-hydrogen) atoms. The maximum absolute atomic E-state index is 12.1. The van der Waals surface area contributed by atoms with Gasteiger partial charge in [-0.15, -0.1) is 11.3 Å². The molecule has 0 fully saturated rings. The minimum Gasteiger partial charge on any atom is -0.347 e. The molecule has 3 N–H and O–H groups in total. The lowest BCUT2D eigenvalue weighted by atomic mass is 10.1. The number of hydrogen-bond acceptors (Lipinski definition) is 3. The second kappa shape index (κ2) is 7.07. The molecule has 0 aliphatic heterocycles. The van der Waals surface area contributed by atoms with Crippen molar-refractivity contribution < 1.29 is 4.79 Å². The van der Waals surface area contributed by atoms with Crippen LogP contribution in [-0.4, -0.2) is 12.5 Å². The third-order valence-electron chi connectivity index (χ3n) is 3.13. The van der Waals surface area contributed by atoms with Crippen molar-refractivity contribution in [2.45, 2.75) is 20.4 Å². The summed E-state index contributed by atoms with van der Waals surface area (Å²) in [6, 6.07) is 9.73. The quantitative estimate of drug-likeness (QED) is 0.856. The van der Waals surface area contributed by atoms with Gasteiger partial charge >= 0.3 is 0 Å². The number of nitrogens with two attached hydrogens (primary N) is 1. The number of carbonyl (C=O) groups excluding carboxylic acids is 1. The van der Waals surface area contributed by atoms with E-state index in [-0.39, 0.29) is 5.91 Å². The Labute approximate surface area is 129 Å². The maximum atomic E-state index is 12.1. The third kappa shape index (κ3) is 4.19. The summed E-state index contributed by atoms with van der Waals surface area (Å²) in [4.78, 5) is 14.0. The van der Waals surface area contributed by atoms with Crippen molar-refractivity contribution in [3.8, 4) is 11.8 Å². The molecule has 0 atom stereocenters. The average Bonchev–Trinajstić information content (AvgIpc) is 2.83. The maximum Gasteiger partial charge on any atom is 0.261 e. The molecule has 3 nitrogen and oxygen atoms in total. The molecule has 0 aliphatic rings. The van der Waals surface area contributed by atoms with E-state index in [4.69, 9.17) is 5.73 Å². The summed E-state index contributed by atoms with van der Waals surface area (Å²) in [6.07, 6.45) is 0. The number of carbonyl (C=O) groups is 1. The van der Waals surface area contributed by atoms with Crippen molar-refractivity contribution in [3.05, 3.63) is 56.8 Å². The van der Waals surface area contributed by atoms with Crippen LogP contribution in [0.15, 0.2) is 30.3 Å².